The van der Waals surface area contributed by atoms with E-state index in [4.69, 9.17) is 4.74 Å². The molecular formula is C26H31N2O3+. The Labute approximate surface area is 183 Å². The SMILES string of the molecule is CCCC[NH+](CCCC)Cc1c(O)ccc2c1O/C(=C/c1c[nH]c3ccccc13)C2=O. The Bertz CT molecular complexity index is 1110. The zero-order valence-corrected chi connectivity index (χ0v) is 18.3. The van der Waals surface area contributed by atoms with Crippen molar-refractivity contribution in [3.05, 3.63) is 65.0 Å². The summed E-state index contributed by atoms with van der Waals surface area (Å²) in [6.45, 7) is 7.14. The van der Waals surface area contributed by atoms with E-state index in [1.54, 1.807) is 18.2 Å². The molecule has 5 heteroatoms. The Morgan fingerprint density at radius 3 is 2.55 bits per heavy atom. The van der Waals surface area contributed by atoms with Crippen molar-refractivity contribution >= 4 is 22.8 Å². The molecule has 31 heavy (non-hydrogen) atoms. The lowest BCUT2D eigenvalue weighted by molar-refractivity contribution is -0.914. The Kier molecular flexibility index (Phi) is 6.42. The first-order chi connectivity index (χ1) is 15.1. The third-order valence-electron chi connectivity index (χ3n) is 6.02. The Morgan fingerprint density at radius 2 is 1.81 bits per heavy atom. The molecule has 3 N–H and O–H groups in total. The van der Waals surface area contributed by atoms with Gasteiger partial charge in [-0.15, -0.1) is 0 Å². The molecule has 0 amide bonds. The number of nitrogens with one attached hydrogen (secondary N) is 2. The molecule has 4 rings (SSSR count). The van der Waals surface area contributed by atoms with Crippen LogP contribution in [0.15, 0.2) is 48.4 Å². The molecule has 2 aromatic carbocycles. The molecule has 0 bridgehead atoms. The smallest absolute Gasteiger partial charge is 0.231 e. The fourth-order valence-electron chi connectivity index (χ4n) is 4.23. The van der Waals surface area contributed by atoms with E-state index in [9.17, 15) is 9.90 Å². The summed E-state index contributed by atoms with van der Waals surface area (Å²) in [5.41, 5.74) is 3.19. The molecule has 5 nitrogen and oxygen atoms in total. The first kappa shape index (κ1) is 21.2. The first-order valence-corrected chi connectivity index (χ1v) is 11.3. The van der Waals surface area contributed by atoms with Crippen molar-refractivity contribution in [1.29, 1.82) is 0 Å². The number of allylic oxidation sites excluding steroid dienone is 1. The van der Waals surface area contributed by atoms with Crippen LogP contribution in [0.2, 0.25) is 0 Å². The van der Waals surface area contributed by atoms with Crippen LogP contribution >= 0.6 is 0 Å². The van der Waals surface area contributed by atoms with Crippen molar-refractivity contribution < 1.29 is 19.5 Å². The summed E-state index contributed by atoms with van der Waals surface area (Å²) in [6, 6.07) is 11.3. The number of fused-ring (bicyclic) bond motifs is 2. The second-order valence-corrected chi connectivity index (χ2v) is 8.30. The van der Waals surface area contributed by atoms with Gasteiger partial charge in [-0.1, -0.05) is 44.9 Å². The van der Waals surface area contributed by atoms with Crippen molar-refractivity contribution in [3.63, 3.8) is 0 Å². The Hall–Kier alpha value is -3.05. The van der Waals surface area contributed by atoms with E-state index in [1.165, 1.54) is 4.90 Å². The van der Waals surface area contributed by atoms with Crippen molar-refractivity contribution in [1.82, 2.24) is 4.98 Å². The number of ketones is 1. The molecule has 0 saturated heterocycles. The van der Waals surface area contributed by atoms with Crippen molar-refractivity contribution in [2.75, 3.05) is 13.1 Å². The van der Waals surface area contributed by atoms with Gasteiger partial charge < -0.3 is 19.7 Å². The number of aromatic hydroxyl groups is 1. The van der Waals surface area contributed by atoms with E-state index in [0.717, 1.165) is 60.8 Å². The fourth-order valence-corrected chi connectivity index (χ4v) is 4.23. The van der Waals surface area contributed by atoms with Crippen LogP contribution in [0, 0.1) is 0 Å². The molecule has 0 atom stereocenters. The molecule has 1 aromatic heterocycles. The standard InChI is InChI=1S/C26H30N2O3/c1-3-5-13-28(14-6-4-2)17-21-23(29)12-11-20-25(30)24(31-26(20)21)15-18-16-27-22-10-8-7-9-19(18)22/h7-12,15-16,27,29H,3-6,13-14,17H2,1-2H3/p+1/b24-15+. The number of unbranched alkanes of at least 4 members (excludes halogenated alkanes) is 2. The number of H-pyrrole nitrogens is 1. The van der Waals surface area contributed by atoms with E-state index >= 15 is 0 Å². The van der Waals surface area contributed by atoms with Gasteiger partial charge in [-0.2, -0.15) is 0 Å². The second-order valence-electron chi connectivity index (χ2n) is 8.30. The molecule has 0 aliphatic carbocycles. The molecule has 3 aromatic rings. The van der Waals surface area contributed by atoms with Gasteiger partial charge in [-0.25, -0.2) is 0 Å². The summed E-state index contributed by atoms with van der Waals surface area (Å²) < 4.78 is 6.09. The summed E-state index contributed by atoms with van der Waals surface area (Å²) in [4.78, 5) is 17.7. The molecule has 162 valence electrons. The summed E-state index contributed by atoms with van der Waals surface area (Å²) in [5.74, 6) is 0.882. The number of hydrogen-bond acceptors (Lipinski definition) is 3. The zero-order chi connectivity index (χ0) is 21.8. The molecule has 0 fully saturated rings. The number of para-hydroxylation sites is 1. The van der Waals surface area contributed by atoms with Gasteiger partial charge in [0.25, 0.3) is 0 Å². The fraction of sp³-hybridized carbons (Fsp3) is 0.346. The molecule has 0 radical (unpaired) electrons. The minimum absolute atomic E-state index is 0.134. The van der Waals surface area contributed by atoms with Gasteiger partial charge in [-0.3, -0.25) is 4.79 Å². The number of phenolic OH excluding ortho intramolecular Hbond substituents is 1. The normalized spacial score (nSPS) is 14.5. The average Bonchev–Trinajstić information content (AvgIpc) is 3.33. The third-order valence-corrected chi connectivity index (χ3v) is 6.02. The molecule has 2 heterocycles. The maximum absolute atomic E-state index is 13.1. The summed E-state index contributed by atoms with van der Waals surface area (Å²) in [7, 11) is 0. The van der Waals surface area contributed by atoms with Gasteiger partial charge in [0.2, 0.25) is 5.78 Å². The highest BCUT2D eigenvalue weighted by molar-refractivity contribution is 6.15. The summed E-state index contributed by atoms with van der Waals surface area (Å²) in [5, 5.41) is 11.7. The average molecular weight is 420 g/mol. The van der Waals surface area contributed by atoms with E-state index in [-0.39, 0.29) is 11.5 Å². The summed E-state index contributed by atoms with van der Waals surface area (Å²) in [6.07, 6.45) is 8.24. The van der Waals surface area contributed by atoms with Crippen molar-refractivity contribution in [2.45, 2.75) is 46.1 Å². The lowest BCUT2D eigenvalue weighted by Crippen LogP contribution is -3.10. The highest BCUT2D eigenvalue weighted by Gasteiger charge is 2.32. The lowest BCUT2D eigenvalue weighted by atomic mass is 10.0. The number of ether oxygens (including phenoxy) is 1. The highest BCUT2D eigenvalue weighted by Crippen LogP contribution is 2.39. The topological polar surface area (TPSA) is 66.8 Å². The number of phenols is 1. The largest absolute Gasteiger partial charge is 0.507 e. The van der Waals surface area contributed by atoms with Gasteiger partial charge in [0.15, 0.2) is 11.5 Å². The maximum Gasteiger partial charge on any atom is 0.231 e. The third kappa shape index (κ3) is 4.37. The summed E-state index contributed by atoms with van der Waals surface area (Å²) >= 11 is 0. The molecule has 0 unspecified atom stereocenters. The van der Waals surface area contributed by atoms with Crippen LogP contribution in [0.4, 0.5) is 0 Å². The Balaban J connectivity index is 1.64. The molecule has 0 spiro atoms. The number of quaternary nitrogens is 1. The van der Waals surface area contributed by atoms with Crippen LogP contribution in [0.3, 0.4) is 0 Å². The predicted molar refractivity (Wildman–Crippen MR) is 124 cm³/mol. The van der Waals surface area contributed by atoms with Crippen LogP contribution in [-0.4, -0.2) is 29.0 Å². The number of aromatic nitrogens is 1. The molecular weight excluding hydrogens is 388 g/mol. The monoisotopic (exact) mass is 419 g/mol. The van der Waals surface area contributed by atoms with E-state index < -0.39 is 0 Å². The first-order valence-electron chi connectivity index (χ1n) is 11.3. The van der Waals surface area contributed by atoms with E-state index in [0.29, 0.717) is 23.6 Å². The van der Waals surface area contributed by atoms with Crippen LogP contribution in [0.1, 0.15) is 61.0 Å². The van der Waals surface area contributed by atoms with Gasteiger partial charge in [0, 0.05) is 22.7 Å². The van der Waals surface area contributed by atoms with E-state index in [1.807, 2.05) is 30.5 Å². The van der Waals surface area contributed by atoms with Crippen molar-refractivity contribution in [2.24, 2.45) is 0 Å². The van der Waals surface area contributed by atoms with Crippen LogP contribution in [0.5, 0.6) is 11.5 Å². The van der Waals surface area contributed by atoms with Crippen LogP contribution < -0.4 is 9.64 Å². The number of benzene rings is 2. The second kappa shape index (κ2) is 9.40. The quantitative estimate of drug-likeness (QED) is 0.448. The zero-order valence-electron chi connectivity index (χ0n) is 18.3. The van der Waals surface area contributed by atoms with Crippen LogP contribution in [-0.2, 0) is 6.54 Å². The predicted octanol–water partition coefficient (Wildman–Crippen LogP) is 4.47. The van der Waals surface area contributed by atoms with Crippen LogP contribution in [0.25, 0.3) is 17.0 Å². The number of Topliss-reactive ketones (excluding diaryl/α,β-unsaturated/α-hetero) is 1. The van der Waals surface area contributed by atoms with Crippen molar-refractivity contribution in [3.8, 4) is 11.5 Å². The number of rotatable bonds is 9. The highest BCUT2D eigenvalue weighted by atomic mass is 16.5. The van der Waals surface area contributed by atoms with Gasteiger partial charge >= 0.3 is 0 Å². The maximum atomic E-state index is 13.1. The Morgan fingerprint density at radius 1 is 1.06 bits per heavy atom. The number of hydrogen-bond donors (Lipinski definition) is 3. The minimum atomic E-state index is -0.134. The van der Waals surface area contributed by atoms with Gasteiger partial charge in [0.1, 0.15) is 12.3 Å². The van der Waals surface area contributed by atoms with Gasteiger partial charge in [-0.05, 0) is 37.1 Å². The lowest BCUT2D eigenvalue weighted by Gasteiger charge is -2.20. The van der Waals surface area contributed by atoms with E-state index in [2.05, 4.69) is 18.8 Å². The number of aromatic amines is 1. The van der Waals surface area contributed by atoms with Gasteiger partial charge in [0.05, 0.1) is 24.2 Å². The molecule has 1 aliphatic rings. The number of carbonyl (C=O) groups excluding carboxylic acids is 1. The molecule has 0 saturated carbocycles. The number of carbonyl (C=O) groups is 1. The molecule has 1 aliphatic heterocycles. The minimum Gasteiger partial charge on any atom is -0.507 e.